The molecule has 3 rings (SSSR count). The fraction of sp³-hybridized carbons (Fsp3) is 0.417. The van der Waals surface area contributed by atoms with Crippen LogP contribution >= 0.6 is 23.5 Å². The van der Waals surface area contributed by atoms with Gasteiger partial charge in [0.1, 0.15) is 23.5 Å². The third kappa shape index (κ3) is 2.99. The first-order valence-corrected chi connectivity index (χ1v) is 8.74. The van der Waals surface area contributed by atoms with Crippen molar-refractivity contribution in [2.45, 2.75) is 23.1 Å². The molecular formula is C12H12N4O6S2. The van der Waals surface area contributed by atoms with Gasteiger partial charge in [-0.3, -0.25) is 14.5 Å². The number of carboxylic acid groups (broad SMARTS) is 2. The first kappa shape index (κ1) is 16.8. The van der Waals surface area contributed by atoms with E-state index in [-0.39, 0.29) is 34.4 Å². The highest BCUT2D eigenvalue weighted by atomic mass is 32.2. The SMILES string of the molecule is NC1C(=O)N2C(C(=O)O)=C(CSc3nnc(CC(=O)O)o3)CS[C@H]12. The number of rotatable bonds is 6. The lowest BCUT2D eigenvalue weighted by atomic mass is 10.0. The quantitative estimate of drug-likeness (QED) is 0.431. The van der Waals surface area contributed by atoms with Crippen LogP contribution in [0.3, 0.4) is 0 Å². The van der Waals surface area contributed by atoms with Gasteiger partial charge in [0.25, 0.3) is 5.22 Å². The van der Waals surface area contributed by atoms with Gasteiger partial charge in [-0.25, -0.2) is 4.79 Å². The summed E-state index contributed by atoms with van der Waals surface area (Å²) in [6, 6.07) is -0.673. The van der Waals surface area contributed by atoms with Crippen molar-refractivity contribution in [2.24, 2.45) is 5.73 Å². The number of hydrogen-bond donors (Lipinski definition) is 3. The van der Waals surface area contributed by atoms with Crippen molar-refractivity contribution in [1.82, 2.24) is 15.1 Å². The number of carbonyl (C=O) groups excluding carboxylic acids is 1. The lowest BCUT2D eigenvalue weighted by Crippen LogP contribution is -2.68. The molecule has 0 aliphatic carbocycles. The lowest BCUT2D eigenvalue weighted by Gasteiger charge is -2.48. The molecule has 1 aromatic heterocycles. The van der Waals surface area contributed by atoms with Crippen molar-refractivity contribution in [3.05, 3.63) is 17.2 Å². The van der Waals surface area contributed by atoms with Crippen LogP contribution in [0.1, 0.15) is 5.89 Å². The van der Waals surface area contributed by atoms with Gasteiger partial charge in [-0.1, -0.05) is 11.8 Å². The summed E-state index contributed by atoms with van der Waals surface area (Å²) < 4.78 is 5.16. The van der Waals surface area contributed by atoms with Crippen LogP contribution in [0.15, 0.2) is 20.9 Å². The number of nitrogens with two attached hydrogens (primary N) is 1. The zero-order valence-electron chi connectivity index (χ0n) is 12.0. The van der Waals surface area contributed by atoms with E-state index in [4.69, 9.17) is 15.3 Å². The molecule has 128 valence electrons. The second-order valence-corrected chi connectivity index (χ2v) is 7.05. The first-order chi connectivity index (χ1) is 11.4. The molecular weight excluding hydrogens is 360 g/mol. The van der Waals surface area contributed by atoms with Crippen LogP contribution in [-0.4, -0.2) is 66.1 Å². The number of fused-ring (bicyclic) bond motifs is 1. The van der Waals surface area contributed by atoms with Crippen molar-refractivity contribution >= 4 is 41.4 Å². The molecule has 0 radical (unpaired) electrons. The number of carboxylic acids is 2. The van der Waals surface area contributed by atoms with E-state index in [9.17, 15) is 19.5 Å². The average Bonchev–Trinajstić information content (AvgIpc) is 2.97. The van der Waals surface area contributed by atoms with E-state index in [1.807, 2.05) is 0 Å². The largest absolute Gasteiger partial charge is 0.481 e. The van der Waals surface area contributed by atoms with Crippen LogP contribution in [0, 0.1) is 0 Å². The Morgan fingerprint density at radius 2 is 2.17 bits per heavy atom. The first-order valence-electron chi connectivity index (χ1n) is 6.71. The highest BCUT2D eigenvalue weighted by Crippen LogP contribution is 2.40. The Kier molecular flexibility index (Phi) is 4.51. The summed E-state index contributed by atoms with van der Waals surface area (Å²) in [5.41, 5.74) is 6.17. The third-order valence-corrected chi connectivity index (χ3v) is 5.68. The zero-order chi connectivity index (χ0) is 17.4. The van der Waals surface area contributed by atoms with E-state index in [0.717, 1.165) is 11.8 Å². The minimum atomic E-state index is -1.19. The number of carbonyl (C=O) groups is 3. The van der Waals surface area contributed by atoms with E-state index >= 15 is 0 Å². The Morgan fingerprint density at radius 1 is 1.42 bits per heavy atom. The minimum absolute atomic E-state index is 0.0283. The van der Waals surface area contributed by atoms with Crippen molar-refractivity contribution in [3.63, 3.8) is 0 Å². The standard InChI is InChI=1S/C12H12N4O6S2/c13-7-9(19)16-8(11(20)21)4(2-23-10(7)16)3-24-12-15-14-5(22-12)1-6(17)18/h7,10H,1-3,13H2,(H,17,18)(H,20,21)/t7?,10-/m1/s1. The molecule has 0 saturated carbocycles. The lowest BCUT2D eigenvalue weighted by molar-refractivity contribution is -0.147. The van der Waals surface area contributed by atoms with Crippen LogP contribution in [0.25, 0.3) is 0 Å². The molecule has 12 heteroatoms. The van der Waals surface area contributed by atoms with Crippen molar-refractivity contribution < 1.29 is 29.0 Å². The number of thioether (sulfide) groups is 2. The summed E-state index contributed by atoms with van der Waals surface area (Å²) >= 11 is 2.49. The molecule has 1 amide bonds. The molecule has 1 fully saturated rings. The number of amides is 1. The fourth-order valence-electron chi connectivity index (χ4n) is 2.34. The molecule has 0 aromatic carbocycles. The number of aliphatic carboxylic acids is 2. The monoisotopic (exact) mass is 372 g/mol. The van der Waals surface area contributed by atoms with Crippen LogP contribution in [0.2, 0.25) is 0 Å². The minimum Gasteiger partial charge on any atom is -0.481 e. The van der Waals surface area contributed by atoms with Gasteiger partial charge in [0.15, 0.2) is 0 Å². The maximum atomic E-state index is 11.8. The number of β-lactam (4-membered cyclic amide) rings is 1. The van der Waals surface area contributed by atoms with E-state index in [2.05, 4.69) is 10.2 Å². The predicted octanol–water partition coefficient (Wildman–Crippen LogP) is -0.630. The highest BCUT2D eigenvalue weighted by molar-refractivity contribution is 8.01. The summed E-state index contributed by atoms with van der Waals surface area (Å²) in [5.74, 6) is -2.06. The molecule has 1 unspecified atom stereocenters. The molecule has 0 bridgehead atoms. The van der Waals surface area contributed by atoms with Crippen LogP contribution in [0.5, 0.6) is 0 Å². The molecule has 2 aliphatic rings. The smallest absolute Gasteiger partial charge is 0.352 e. The van der Waals surface area contributed by atoms with Crippen LogP contribution < -0.4 is 5.73 Å². The molecule has 1 aromatic rings. The van der Waals surface area contributed by atoms with Crippen LogP contribution in [-0.2, 0) is 20.8 Å². The Hall–Kier alpha value is -2.05. The second kappa shape index (κ2) is 6.45. The average molecular weight is 372 g/mol. The number of aromatic nitrogens is 2. The van der Waals surface area contributed by atoms with E-state index in [1.54, 1.807) is 0 Å². The molecule has 4 N–H and O–H groups in total. The van der Waals surface area contributed by atoms with Crippen LogP contribution in [0.4, 0.5) is 0 Å². The van der Waals surface area contributed by atoms with Gasteiger partial charge >= 0.3 is 11.9 Å². The van der Waals surface area contributed by atoms with E-state index in [0.29, 0.717) is 11.3 Å². The highest BCUT2D eigenvalue weighted by Gasteiger charge is 2.51. The summed E-state index contributed by atoms with van der Waals surface area (Å²) in [4.78, 5) is 35.1. The molecule has 24 heavy (non-hydrogen) atoms. The maximum Gasteiger partial charge on any atom is 0.352 e. The van der Waals surface area contributed by atoms with E-state index in [1.165, 1.54) is 16.7 Å². The van der Waals surface area contributed by atoms with Gasteiger partial charge in [-0.15, -0.1) is 22.0 Å². The molecule has 0 spiro atoms. The maximum absolute atomic E-state index is 11.8. The number of nitrogens with zero attached hydrogens (tertiary/aromatic N) is 3. The molecule has 2 aliphatic heterocycles. The van der Waals surface area contributed by atoms with Gasteiger partial charge in [-0.05, 0) is 5.57 Å². The van der Waals surface area contributed by atoms with Gasteiger partial charge in [0.2, 0.25) is 11.8 Å². The van der Waals surface area contributed by atoms with E-state index < -0.39 is 23.9 Å². The third-order valence-electron chi connectivity index (χ3n) is 3.41. The fourth-order valence-corrected chi connectivity index (χ4v) is 4.55. The Balaban J connectivity index is 1.73. The summed E-state index contributed by atoms with van der Waals surface area (Å²) in [7, 11) is 0. The normalized spacial score (nSPS) is 23.0. The van der Waals surface area contributed by atoms with Crippen molar-refractivity contribution in [3.8, 4) is 0 Å². The second-order valence-electron chi connectivity index (χ2n) is 5.01. The topological polar surface area (TPSA) is 160 Å². The molecule has 2 atom stereocenters. The van der Waals surface area contributed by atoms with Gasteiger partial charge in [0.05, 0.1) is 0 Å². The van der Waals surface area contributed by atoms with Crippen molar-refractivity contribution in [1.29, 1.82) is 0 Å². The molecule has 1 saturated heterocycles. The zero-order valence-corrected chi connectivity index (χ0v) is 13.7. The molecule has 10 nitrogen and oxygen atoms in total. The van der Waals surface area contributed by atoms with Gasteiger partial charge in [0, 0.05) is 11.5 Å². The summed E-state index contributed by atoms with van der Waals surface area (Å²) in [6.07, 6.45) is -0.381. The summed E-state index contributed by atoms with van der Waals surface area (Å²) in [6.45, 7) is 0. The van der Waals surface area contributed by atoms with Crippen molar-refractivity contribution in [2.75, 3.05) is 11.5 Å². The molecule has 3 heterocycles. The van der Waals surface area contributed by atoms with Gasteiger partial charge < -0.3 is 20.4 Å². The Bertz CT molecular complexity index is 748. The number of hydrogen-bond acceptors (Lipinski definition) is 9. The Labute approximate surface area is 143 Å². The summed E-state index contributed by atoms with van der Waals surface area (Å²) in [5, 5.41) is 25.2. The predicted molar refractivity (Wildman–Crippen MR) is 82.1 cm³/mol. The Morgan fingerprint density at radius 3 is 2.83 bits per heavy atom. The van der Waals surface area contributed by atoms with Gasteiger partial charge in [-0.2, -0.15) is 0 Å².